The molecule has 0 spiro atoms. The second-order valence-corrected chi connectivity index (χ2v) is 5.19. The van der Waals surface area contributed by atoms with E-state index in [-0.39, 0.29) is 31.3 Å². The molecule has 0 bridgehead atoms. The molecule has 0 heterocycles. The molecule has 1 unspecified atom stereocenters. The van der Waals surface area contributed by atoms with Gasteiger partial charge >= 0.3 is 0 Å². The minimum atomic E-state index is -0.717. The lowest BCUT2D eigenvalue weighted by Gasteiger charge is -2.13. The maximum absolute atomic E-state index is 12.7. The van der Waals surface area contributed by atoms with Crippen LogP contribution < -0.4 is 5.32 Å². The van der Waals surface area contributed by atoms with Crippen LogP contribution in [0.1, 0.15) is 19.4 Å². The summed E-state index contributed by atoms with van der Waals surface area (Å²) in [6.45, 7) is 4.99. The van der Waals surface area contributed by atoms with Crippen LogP contribution in [0.3, 0.4) is 0 Å². The number of halogens is 1. The molecule has 0 saturated carbocycles. The Morgan fingerprint density at radius 1 is 1.30 bits per heavy atom. The quantitative estimate of drug-likeness (QED) is 0.760. The summed E-state index contributed by atoms with van der Waals surface area (Å²) in [7, 11) is 0. The van der Waals surface area contributed by atoms with Crippen molar-refractivity contribution in [2.45, 2.75) is 26.4 Å². The highest BCUT2D eigenvalue weighted by molar-refractivity contribution is 5.78. The average Bonchev–Trinajstić information content (AvgIpc) is 2.39. The fraction of sp³-hybridized carbons (Fsp3) is 0.533. The molecule has 1 amide bonds. The van der Waals surface area contributed by atoms with Gasteiger partial charge in [0.2, 0.25) is 5.91 Å². The number of aliphatic hydroxyl groups is 1. The summed E-state index contributed by atoms with van der Waals surface area (Å²) >= 11 is 0. The van der Waals surface area contributed by atoms with E-state index < -0.39 is 6.10 Å². The maximum Gasteiger partial charge on any atom is 0.224 e. The minimum Gasteiger partial charge on any atom is -0.389 e. The van der Waals surface area contributed by atoms with Gasteiger partial charge in [0.05, 0.1) is 19.1 Å². The SMILES string of the molecule is CC(C)COCC(O)CNC(=O)Cc1ccc(F)cc1. The predicted octanol–water partition coefficient (Wildman–Crippen LogP) is 1.52. The smallest absolute Gasteiger partial charge is 0.224 e. The summed E-state index contributed by atoms with van der Waals surface area (Å²) in [5.74, 6) is -0.123. The third-order valence-electron chi connectivity index (χ3n) is 2.57. The number of hydrogen-bond acceptors (Lipinski definition) is 3. The van der Waals surface area contributed by atoms with Gasteiger partial charge in [0, 0.05) is 13.2 Å². The normalized spacial score (nSPS) is 12.4. The Hall–Kier alpha value is -1.46. The molecule has 0 fully saturated rings. The van der Waals surface area contributed by atoms with Gasteiger partial charge in [0.15, 0.2) is 0 Å². The lowest BCUT2D eigenvalue weighted by atomic mass is 10.1. The Morgan fingerprint density at radius 2 is 1.95 bits per heavy atom. The fourth-order valence-corrected chi connectivity index (χ4v) is 1.58. The Kier molecular flexibility index (Phi) is 7.18. The zero-order valence-electron chi connectivity index (χ0n) is 11.9. The first-order valence-corrected chi connectivity index (χ1v) is 6.74. The molecule has 1 aromatic rings. The highest BCUT2D eigenvalue weighted by atomic mass is 19.1. The minimum absolute atomic E-state index is 0.151. The second kappa shape index (κ2) is 8.66. The van der Waals surface area contributed by atoms with Gasteiger partial charge in [-0.25, -0.2) is 4.39 Å². The molecule has 2 N–H and O–H groups in total. The number of carbonyl (C=O) groups excluding carboxylic acids is 1. The van der Waals surface area contributed by atoms with Gasteiger partial charge in [-0.2, -0.15) is 0 Å². The van der Waals surface area contributed by atoms with Crippen LogP contribution in [-0.2, 0) is 16.0 Å². The predicted molar refractivity (Wildman–Crippen MR) is 74.8 cm³/mol. The number of amides is 1. The van der Waals surface area contributed by atoms with Crippen molar-refractivity contribution in [3.05, 3.63) is 35.6 Å². The lowest BCUT2D eigenvalue weighted by Crippen LogP contribution is -2.35. The molecule has 0 aliphatic rings. The van der Waals surface area contributed by atoms with Crippen molar-refractivity contribution < 1.29 is 19.0 Å². The first-order valence-electron chi connectivity index (χ1n) is 6.74. The van der Waals surface area contributed by atoms with Crippen LogP contribution in [0.4, 0.5) is 4.39 Å². The summed E-state index contributed by atoms with van der Waals surface area (Å²) in [4.78, 5) is 11.6. The maximum atomic E-state index is 12.7. The molecular weight excluding hydrogens is 261 g/mol. The van der Waals surface area contributed by atoms with E-state index in [1.54, 1.807) is 12.1 Å². The molecule has 1 atom stereocenters. The van der Waals surface area contributed by atoms with Gasteiger partial charge in [0.1, 0.15) is 5.82 Å². The number of benzene rings is 1. The molecular formula is C15H22FNO3. The standard InChI is InChI=1S/C15H22FNO3/c1-11(2)9-20-10-14(18)8-17-15(19)7-12-3-5-13(16)6-4-12/h3-6,11,14,18H,7-10H2,1-2H3,(H,17,19). The van der Waals surface area contributed by atoms with E-state index in [4.69, 9.17) is 4.74 Å². The van der Waals surface area contributed by atoms with Crippen LogP contribution in [0.5, 0.6) is 0 Å². The summed E-state index contributed by atoms with van der Waals surface area (Å²) in [6, 6.07) is 5.77. The Balaban J connectivity index is 2.20. The zero-order chi connectivity index (χ0) is 15.0. The third-order valence-corrected chi connectivity index (χ3v) is 2.57. The number of aliphatic hydroxyl groups excluding tert-OH is 1. The molecule has 0 aromatic heterocycles. The van der Waals surface area contributed by atoms with E-state index in [1.165, 1.54) is 12.1 Å². The fourth-order valence-electron chi connectivity index (χ4n) is 1.58. The molecule has 112 valence electrons. The Bertz CT molecular complexity index is 406. The van der Waals surface area contributed by atoms with Crippen molar-refractivity contribution in [1.29, 1.82) is 0 Å². The average molecular weight is 283 g/mol. The number of nitrogens with one attached hydrogen (secondary N) is 1. The van der Waals surface area contributed by atoms with Gasteiger partial charge in [-0.05, 0) is 23.6 Å². The number of ether oxygens (including phenoxy) is 1. The third kappa shape index (κ3) is 7.21. The molecule has 0 radical (unpaired) electrons. The van der Waals surface area contributed by atoms with Crippen molar-refractivity contribution >= 4 is 5.91 Å². The van der Waals surface area contributed by atoms with E-state index in [0.29, 0.717) is 12.5 Å². The van der Waals surface area contributed by atoms with E-state index in [9.17, 15) is 14.3 Å². The highest BCUT2D eigenvalue weighted by Crippen LogP contribution is 2.03. The molecule has 0 saturated heterocycles. The monoisotopic (exact) mass is 283 g/mol. The van der Waals surface area contributed by atoms with Gasteiger partial charge < -0.3 is 15.2 Å². The van der Waals surface area contributed by atoms with Crippen molar-refractivity contribution in [3.63, 3.8) is 0 Å². The van der Waals surface area contributed by atoms with E-state index >= 15 is 0 Å². The number of hydrogen-bond donors (Lipinski definition) is 2. The van der Waals surface area contributed by atoms with E-state index in [1.807, 2.05) is 13.8 Å². The van der Waals surface area contributed by atoms with E-state index in [0.717, 1.165) is 5.56 Å². The topological polar surface area (TPSA) is 58.6 Å². The summed E-state index contributed by atoms with van der Waals surface area (Å²) in [5, 5.41) is 12.2. The van der Waals surface area contributed by atoms with Gasteiger partial charge in [0.25, 0.3) is 0 Å². The van der Waals surface area contributed by atoms with Crippen LogP contribution in [0.2, 0.25) is 0 Å². The number of carbonyl (C=O) groups is 1. The second-order valence-electron chi connectivity index (χ2n) is 5.19. The van der Waals surface area contributed by atoms with E-state index in [2.05, 4.69) is 5.32 Å². The highest BCUT2D eigenvalue weighted by Gasteiger charge is 2.08. The number of rotatable bonds is 8. The van der Waals surface area contributed by atoms with Crippen LogP contribution in [0.15, 0.2) is 24.3 Å². The first-order chi connectivity index (χ1) is 9.47. The largest absolute Gasteiger partial charge is 0.389 e. The lowest BCUT2D eigenvalue weighted by molar-refractivity contribution is -0.121. The zero-order valence-corrected chi connectivity index (χ0v) is 11.9. The van der Waals surface area contributed by atoms with Crippen molar-refractivity contribution in [2.24, 2.45) is 5.92 Å². The molecule has 0 aliphatic carbocycles. The van der Waals surface area contributed by atoms with Gasteiger partial charge in [-0.3, -0.25) is 4.79 Å². The van der Waals surface area contributed by atoms with Crippen LogP contribution in [0, 0.1) is 11.7 Å². The van der Waals surface area contributed by atoms with Crippen molar-refractivity contribution in [1.82, 2.24) is 5.32 Å². The van der Waals surface area contributed by atoms with Gasteiger partial charge in [-0.15, -0.1) is 0 Å². The van der Waals surface area contributed by atoms with Crippen LogP contribution >= 0.6 is 0 Å². The van der Waals surface area contributed by atoms with Crippen molar-refractivity contribution in [3.8, 4) is 0 Å². The molecule has 0 aliphatic heterocycles. The summed E-state index contributed by atoms with van der Waals surface area (Å²) < 4.78 is 18.0. The molecule has 4 nitrogen and oxygen atoms in total. The Labute approximate surface area is 119 Å². The molecule has 5 heteroatoms. The summed E-state index contributed by atoms with van der Waals surface area (Å²) in [6.07, 6.45) is -0.550. The molecule has 1 aromatic carbocycles. The van der Waals surface area contributed by atoms with Crippen LogP contribution in [0.25, 0.3) is 0 Å². The molecule has 1 rings (SSSR count). The summed E-state index contributed by atoms with van der Waals surface area (Å²) in [5.41, 5.74) is 0.731. The first kappa shape index (κ1) is 16.6. The van der Waals surface area contributed by atoms with Crippen molar-refractivity contribution in [2.75, 3.05) is 19.8 Å². The Morgan fingerprint density at radius 3 is 2.55 bits per heavy atom. The van der Waals surface area contributed by atoms with Gasteiger partial charge in [-0.1, -0.05) is 26.0 Å². The molecule has 20 heavy (non-hydrogen) atoms. The van der Waals surface area contributed by atoms with Crippen LogP contribution in [-0.4, -0.2) is 36.9 Å².